The third kappa shape index (κ3) is 2.31. The largest absolute Gasteiger partial charge is 0.379 e. The third-order valence-corrected chi connectivity index (χ3v) is 6.25. The van der Waals surface area contributed by atoms with Crippen molar-refractivity contribution in [2.75, 3.05) is 13.2 Å². The monoisotopic (exact) mass is 302 g/mol. The number of ether oxygens (including phenoxy) is 2. The lowest BCUT2D eigenvalue weighted by atomic mass is 9.61. The van der Waals surface area contributed by atoms with Crippen LogP contribution in [0.5, 0.6) is 0 Å². The van der Waals surface area contributed by atoms with Crippen molar-refractivity contribution in [1.29, 1.82) is 0 Å². The molecule has 2 saturated carbocycles. The van der Waals surface area contributed by atoms with Crippen LogP contribution in [0.25, 0.3) is 0 Å². The van der Waals surface area contributed by atoms with E-state index >= 15 is 0 Å². The van der Waals surface area contributed by atoms with Gasteiger partial charge in [0.1, 0.15) is 0 Å². The minimum atomic E-state index is 0.375. The first-order chi connectivity index (χ1) is 8.31. The van der Waals surface area contributed by atoms with Crippen LogP contribution in [0.1, 0.15) is 51.4 Å². The molecule has 1 spiro atoms. The summed E-state index contributed by atoms with van der Waals surface area (Å²) in [6.07, 6.45) is 11.5. The van der Waals surface area contributed by atoms with Crippen LogP contribution in [0, 0.1) is 5.41 Å². The maximum Gasteiger partial charge on any atom is 0.0834 e. The zero-order valence-electron chi connectivity index (χ0n) is 10.5. The van der Waals surface area contributed by atoms with Gasteiger partial charge in [-0.25, -0.2) is 0 Å². The maximum absolute atomic E-state index is 6.31. The topological polar surface area (TPSA) is 18.5 Å². The fourth-order valence-electron chi connectivity index (χ4n) is 3.76. The second-order valence-corrected chi connectivity index (χ2v) is 7.07. The molecule has 1 saturated heterocycles. The molecule has 0 aromatic carbocycles. The van der Waals surface area contributed by atoms with Crippen molar-refractivity contribution in [3.8, 4) is 0 Å². The molecule has 2 aliphatic carbocycles. The normalized spacial score (nSPS) is 41.1. The van der Waals surface area contributed by atoms with E-state index in [0.717, 1.165) is 19.6 Å². The molecule has 0 bridgehead atoms. The van der Waals surface area contributed by atoms with Gasteiger partial charge in [0.05, 0.1) is 18.8 Å². The van der Waals surface area contributed by atoms with Crippen LogP contribution < -0.4 is 0 Å². The lowest BCUT2D eigenvalue weighted by Gasteiger charge is -2.54. The molecule has 98 valence electrons. The number of halogens is 1. The summed E-state index contributed by atoms with van der Waals surface area (Å²) in [6.45, 7) is 1.71. The molecule has 17 heavy (non-hydrogen) atoms. The molecular formula is C14H23BrO2. The standard InChI is InChI=1S/C14H23BrO2/c15-12-9-13(17-11-5-8-16-10-11)14(12)6-3-1-2-4-7-14/h11-13H,1-10H2. The van der Waals surface area contributed by atoms with Crippen LogP contribution in [0.2, 0.25) is 0 Å². The van der Waals surface area contributed by atoms with Crippen molar-refractivity contribution in [2.45, 2.75) is 68.4 Å². The Balaban J connectivity index is 1.63. The van der Waals surface area contributed by atoms with E-state index in [1.807, 2.05) is 0 Å². The molecule has 1 aliphatic heterocycles. The Kier molecular flexibility index (Phi) is 3.79. The Morgan fingerprint density at radius 1 is 1.12 bits per heavy atom. The highest BCUT2D eigenvalue weighted by atomic mass is 79.9. The number of hydrogen-bond donors (Lipinski definition) is 0. The SMILES string of the molecule is BrC1CC(OC2CCOC2)C12CCCCCC2. The zero-order valence-corrected chi connectivity index (χ0v) is 12.1. The van der Waals surface area contributed by atoms with E-state index in [-0.39, 0.29) is 0 Å². The van der Waals surface area contributed by atoms with Crippen molar-refractivity contribution < 1.29 is 9.47 Å². The summed E-state index contributed by atoms with van der Waals surface area (Å²) in [5, 5.41) is 0. The van der Waals surface area contributed by atoms with Gasteiger partial charge < -0.3 is 9.47 Å². The van der Waals surface area contributed by atoms with E-state index < -0.39 is 0 Å². The highest BCUT2D eigenvalue weighted by molar-refractivity contribution is 9.09. The van der Waals surface area contributed by atoms with Crippen LogP contribution in [-0.2, 0) is 9.47 Å². The first-order valence-electron chi connectivity index (χ1n) is 7.18. The molecule has 0 amide bonds. The molecule has 2 nitrogen and oxygen atoms in total. The smallest absolute Gasteiger partial charge is 0.0834 e. The maximum atomic E-state index is 6.31. The lowest BCUT2D eigenvalue weighted by Crippen LogP contribution is -2.56. The molecule has 3 unspecified atom stereocenters. The Morgan fingerprint density at radius 2 is 1.88 bits per heavy atom. The second kappa shape index (κ2) is 5.18. The Morgan fingerprint density at radius 3 is 2.47 bits per heavy atom. The summed E-state index contributed by atoms with van der Waals surface area (Å²) >= 11 is 3.89. The van der Waals surface area contributed by atoms with Gasteiger partial charge in [0, 0.05) is 16.8 Å². The average molecular weight is 303 g/mol. The van der Waals surface area contributed by atoms with Crippen molar-refractivity contribution in [3.05, 3.63) is 0 Å². The predicted molar refractivity (Wildman–Crippen MR) is 71.6 cm³/mol. The minimum absolute atomic E-state index is 0.375. The fourth-order valence-corrected chi connectivity index (χ4v) is 4.86. The summed E-state index contributed by atoms with van der Waals surface area (Å²) in [7, 11) is 0. The third-order valence-electron chi connectivity index (χ3n) is 4.97. The Bertz CT molecular complexity index is 255. The molecule has 3 aliphatic rings. The van der Waals surface area contributed by atoms with Gasteiger partial charge in [-0.15, -0.1) is 0 Å². The van der Waals surface area contributed by atoms with Crippen molar-refractivity contribution >= 4 is 15.9 Å². The number of hydrogen-bond acceptors (Lipinski definition) is 2. The molecule has 0 N–H and O–H groups in total. The minimum Gasteiger partial charge on any atom is -0.379 e. The van der Waals surface area contributed by atoms with Gasteiger partial charge in [-0.2, -0.15) is 0 Å². The molecule has 3 rings (SSSR count). The Hall–Kier alpha value is 0.400. The first-order valence-corrected chi connectivity index (χ1v) is 8.10. The van der Waals surface area contributed by atoms with E-state index in [0.29, 0.717) is 22.5 Å². The molecule has 3 fully saturated rings. The van der Waals surface area contributed by atoms with E-state index in [1.165, 1.54) is 44.9 Å². The van der Waals surface area contributed by atoms with Crippen LogP contribution in [-0.4, -0.2) is 30.2 Å². The molecule has 0 aromatic rings. The second-order valence-electron chi connectivity index (χ2n) is 5.96. The highest BCUT2D eigenvalue weighted by Gasteiger charge is 2.54. The van der Waals surface area contributed by atoms with Gasteiger partial charge in [-0.1, -0.05) is 41.6 Å². The number of alkyl halides is 1. The predicted octanol–water partition coefficient (Wildman–Crippen LogP) is 3.67. The molecule has 3 heteroatoms. The van der Waals surface area contributed by atoms with E-state index in [4.69, 9.17) is 9.47 Å². The first kappa shape index (κ1) is 12.4. The summed E-state index contributed by atoms with van der Waals surface area (Å²) < 4.78 is 11.7. The molecule has 3 atom stereocenters. The van der Waals surface area contributed by atoms with Gasteiger partial charge in [0.15, 0.2) is 0 Å². The molecule has 0 aromatic heterocycles. The summed E-state index contributed by atoms with van der Waals surface area (Å²) in [5.74, 6) is 0. The van der Waals surface area contributed by atoms with Crippen molar-refractivity contribution in [1.82, 2.24) is 0 Å². The summed E-state index contributed by atoms with van der Waals surface area (Å²) in [6, 6.07) is 0. The van der Waals surface area contributed by atoms with Gasteiger partial charge in [0.25, 0.3) is 0 Å². The molecular weight excluding hydrogens is 280 g/mol. The fraction of sp³-hybridized carbons (Fsp3) is 1.00. The zero-order chi connectivity index (χ0) is 11.7. The van der Waals surface area contributed by atoms with Crippen molar-refractivity contribution in [2.24, 2.45) is 5.41 Å². The van der Waals surface area contributed by atoms with Gasteiger partial charge in [-0.3, -0.25) is 0 Å². The summed E-state index contributed by atoms with van der Waals surface area (Å²) in [4.78, 5) is 0.695. The lowest BCUT2D eigenvalue weighted by molar-refractivity contribution is -0.141. The average Bonchev–Trinajstić information content (AvgIpc) is 2.70. The molecule has 1 heterocycles. The van der Waals surface area contributed by atoms with Crippen LogP contribution in [0.15, 0.2) is 0 Å². The van der Waals surface area contributed by atoms with E-state index in [2.05, 4.69) is 15.9 Å². The summed E-state index contributed by atoms with van der Waals surface area (Å²) in [5.41, 5.74) is 0.457. The van der Waals surface area contributed by atoms with Gasteiger partial charge in [-0.05, 0) is 25.7 Å². The van der Waals surface area contributed by atoms with Gasteiger partial charge in [0.2, 0.25) is 0 Å². The quantitative estimate of drug-likeness (QED) is 0.725. The van der Waals surface area contributed by atoms with Gasteiger partial charge >= 0.3 is 0 Å². The molecule has 0 radical (unpaired) electrons. The van der Waals surface area contributed by atoms with E-state index in [9.17, 15) is 0 Å². The van der Waals surface area contributed by atoms with Crippen LogP contribution in [0.3, 0.4) is 0 Å². The van der Waals surface area contributed by atoms with Crippen LogP contribution in [0.4, 0.5) is 0 Å². The Labute approximate surface area is 113 Å². The highest BCUT2D eigenvalue weighted by Crippen LogP contribution is 2.56. The van der Waals surface area contributed by atoms with E-state index in [1.54, 1.807) is 0 Å². The number of rotatable bonds is 2. The van der Waals surface area contributed by atoms with Crippen LogP contribution >= 0.6 is 15.9 Å². The van der Waals surface area contributed by atoms with Crippen molar-refractivity contribution in [3.63, 3.8) is 0 Å².